The van der Waals surface area contributed by atoms with E-state index >= 15 is 0 Å². The Labute approximate surface area is 132 Å². The lowest BCUT2D eigenvalue weighted by Gasteiger charge is -2.21. The summed E-state index contributed by atoms with van der Waals surface area (Å²) in [5.41, 5.74) is 6.93. The lowest BCUT2D eigenvalue weighted by atomic mass is 9.90. The van der Waals surface area contributed by atoms with Crippen LogP contribution >= 0.6 is 12.2 Å². The molecule has 0 bridgehead atoms. The fourth-order valence-electron chi connectivity index (χ4n) is 2.78. The van der Waals surface area contributed by atoms with E-state index in [2.05, 4.69) is 4.72 Å². The first-order chi connectivity index (χ1) is 9.98. The van der Waals surface area contributed by atoms with E-state index in [0.717, 1.165) is 12.8 Å². The molecule has 0 spiro atoms. The van der Waals surface area contributed by atoms with E-state index in [1.165, 1.54) is 19.3 Å². The van der Waals surface area contributed by atoms with Crippen LogP contribution in [0.2, 0.25) is 0 Å². The van der Waals surface area contributed by atoms with Gasteiger partial charge in [-0.2, -0.15) is 0 Å². The minimum absolute atomic E-state index is 0.0762. The number of nitrogens with two attached hydrogens (primary N) is 1. The molecular weight excluding hydrogens is 304 g/mol. The number of thiocarbonyl (C=S) groups is 1. The largest absolute Gasteiger partial charge is 0.389 e. The smallest absolute Gasteiger partial charge is 0.215 e. The van der Waals surface area contributed by atoms with Crippen molar-refractivity contribution >= 4 is 27.2 Å². The number of hydrogen-bond acceptors (Lipinski definition) is 3. The zero-order valence-electron chi connectivity index (χ0n) is 12.0. The van der Waals surface area contributed by atoms with Crippen LogP contribution in [0, 0.1) is 5.92 Å². The van der Waals surface area contributed by atoms with Crippen LogP contribution in [-0.2, 0) is 15.8 Å². The average Bonchev–Trinajstić information content (AvgIpc) is 2.46. The molecule has 3 N–H and O–H groups in total. The fraction of sp³-hybridized carbons (Fsp3) is 0.533. The van der Waals surface area contributed by atoms with E-state index in [0.29, 0.717) is 23.6 Å². The van der Waals surface area contributed by atoms with E-state index in [1.54, 1.807) is 24.3 Å². The molecule has 0 unspecified atom stereocenters. The van der Waals surface area contributed by atoms with Crippen molar-refractivity contribution in [2.75, 3.05) is 6.54 Å². The van der Waals surface area contributed by atoms with Crippen LogP contribution in [0.25, 0.3) is 0 Å². The Hall–Kier alpha value is -0.980. The van der Waals surface area contributed by atoms with Crippen LogP contribution in [-0.4, -0.2) is 20.0 Å². The first-order valence-corrected chi connectivity index (χ1v) is 9.39. The fourth-order valence-corrected chi connectivity index (χ4v) is 4.23. The molecule has 1 aliphatic rings. The van der Waals surface area contributed by atoms with Gasteiger partial charge in [0.1, 0.15) is 4.99 Å². The molecule has 1 aliphatic carbocycles. The molecule has 0 radical (unpaired) electrons. The van der Waals surface area contributed by atoms with Gasteiger partial charge in [0.25, 0.3) is 0 Å². The SMILES string of the molecule is NC(=S)c1ccccc1CS(=O)(=O)NCC1CCCCC1. The molecule has 0 saturated heterocycles. The van der Waals surface area contributed by atoms with Crippen molar-refractivity contribution in [3.05, 3.63) is 35.4 Å². The summed E-state index contributed by atoms with van der Waals surface area (Å²) in [4.78, 5) is 0.230. The second kappa shape index (κ2) is 7.33. The minimum Gasteiger partial charge on any atom is -0.389 e. The zero-order valence-corrected chi connectivity index (χ0v) is 13.7. The van der Waals surface area contributed by atoms with Gasteiger partial charge in [0, 0.05) is 12.1 Å². The summed E-state index contributed by atoms with van der Waals surface area (Å²) < 4.78 is 27.2. The normalized spacial score (nSPS) is 16.8. The highest BCUT2D eigenvalue weighted by molar-refractivity contribution is 7.88. The molecule has 0 aromatic heterocycles. The molecule has 116 valence electrons. The van der Waals surface area contributed by atoms with Crippen LogP contribution in [0.5, 0.6) is 0 Å². The Kier molecular flexibility index (Phi) is 5.72. The van der Waals surface area contributed by atoms with Gasteiger partial charge in [-0.05, 0) is 24.3 Å². The van der Waals surface area contributed by atoms with Crippen LogP contribution in [0.4, 0.5) is 0 Å². The van der Waals surface area contributed by atoms with Crippen molar-refractivity contribution in [3.63, 3.8) is 0 Å². The van der Waals surface area contributed by atoms with Crippen LogP contribution in [0.1, 0.15) is 43.2 Å². The lowest BCUT2D eigenvalue weighted by Crippen LogP contribution is -2.31. The molecule has 0 aliphatic heterocycles. The summed E-state index contributed by atoms with van der Waals surface area (Å²) in [5.74, 6) is 0.395. The Morgan fingerprint density at radius 2 is 1.90 bits per heavy atom. The van der Waals surface area contributed by atoms with Crippen LogP contribution < -0.4 is 10.5 Å². The van der Waals surface area contributed by atoms with Gasteiger partial charge in [-0.25, -0.2) is 13.1 Å². The third-order valence-electron chi connectivity index (χ3n) is 3.95. The van der Waals surface area contributed by atoms with Gasteiger partial charge in [-0.1, -0.05) is 55.7 Å². The van der Waals surface area contributed by atoms with Crippen LogP contribution in [0.15, 0.2) is 24.3 Å². The summed E-state index contributed by atoms with van der Waals surface area (Å²) in [6.45, 7) is 0.539. The molecule has 1 aromatic rings. The third kappa shape index (κ3) is 5.05. The monoisotopic (exact) mass is 326 g/mol. The summed E-state index contributed by atoms with van der Waals surface area (Å²) in [6, 6.07) is 7.12. The maximum Gasteiger partial charge on any atom is 0.215 e. The van der Waals surface area contributed by atoms with E-state index in [-0.39, 0.29) is 10.7 Å². The van der Waals surface area contributed by atoms with E-state index in [4.69, 9.17) is 18.0 Å². The predicted molar refractivity (Wildman–Crippen MR) is 89.5 cm³/mol. The van der Waals surface area contributed by atoms with Crippen LogP contribution in [0.3, 0.4) is 0 Å². The maximum absolute atomic E-state index is 12.2. The highest BCUT2D eigenvalue weighted by atomic mass is 32.2. The van der Waals surface area contributed by atoms with Crippen molar-refractivity contribution in [1.29, 1.82) is 0 Å². The van der Waals surface area contributed by atoms with Gasteiger partial charge in [0.2, 0.25) is 10.0 Å². The minimum atomic E-state index is -3.36. The molecule has 2 rings (SSSR count). The summed E-state index contributed by atoms with van der Waals surface area (Å²) >= 11 is 4.97. The summed E-state index contributed by atoms with van der Waals surface area (Å²) in [6.07, 6.45) is 5.91. The molecule has 0 atom stereocenters. The molecule has 6 heteroatoms. The summed E-state index contributed by atoms with van der Waals surface area (Å²) in [7, 11) is -3.36. The van der Waals surface area contributed by atoms with Gasteiger partial charge in [0.15, 0.2) is 0 Å². The first kappa shape index (κ1) is 16.4. The molecule has 0 amide bonds. The Balaban J connectivity index is 1.99. The molecule has 21 heavy (non-hydrogen) atoms. The topological polar surface area (TPSA) is 72.2 Å². The van der Waals surface area contributed by atoms with E-state index in [9.17, 15) is 8.42 Å². The number of nitrogens with one attached hydrogen (secondary N) is 1. The molecule has 1 saturated carbocycles. The number of rotatable bonds is 6. The third-order valence-corrected chi connectivity index (χ3v) is 5.46. The predicted octanol–water partition coefficient (Wildman–Crippen LogP) is 2.32. The van der Waals surface area contributed by atoms with Gasteiger partial charge >= 0.3 is 0 Å². The molecule has 4 nitrogen and oxygen atoms in total. The maximum atomic E-state index is 12.2. The molecular formula is C15H22N2O2S2. The van der Waals surface area contributed by atoms with Crippen molar-refractivity contribution < 1.29 is 8.42 Å². The number of hydrogen-bond donors (Lipinski definition) is 2. The second-order valence-corrected chi connectivity index (χ2v) is 7.88. The van der Waals surface area contributed by atoms with Gasteiger partial charge in [-0.15, -0.1) is 0 Å². The average molecular weight is 326 g/mol. The van der Waals surface area contributed by atoms with Crippen molar-refractivity contribution in [2.45, 2.75) is 37.9 Å². The Bertz CT molecular complexity index is 593. The number of benzene rings is 1. The number of sulfonamides is 1. The summed E-state index contributed by atoms with van der Waals surface area (Å²) in [5, 5.41) is 0. The standard InChI is InChI=1S/C15H22N2O2S2/c16-15(20)14-9-5-4-8-13(14)11-21(18,19)17-10-12-6-2-1-3-7-12/h4-5,8-9,12,17H,1-3,6-7,10-11H2,(H2,16,20). The molecule has 1 fully saturated rings. The van der Waals surface area contributed by atoms with Gasteiger partial charge in [0.05, 0.1) is 5.75 Å². The first-order valence-electron chi connectivity index (χ1n) is 7.33. The lowest BCUT2D eigenvalue weighted by molar-refractivity contribution is 0.357. The quantitative estimate of drug-likeness (QED) is 0.787. The molecule has 0 heterocycles. The second-order valence-electron chi connectivity index (χ2n) is 5.63. The Morgan fingerprint density at radius 1 is 1.24 bits per heavy atom. The van der Waals surface area contributed by atoms with Crippen molar-refractivity contribution in [2.24, 2.45) is 11.7 Å². The highest BCUT2D eigenvalue weighted by Crippen LogP contribution is 2.23. The van der Waals surface area contributed by atoms with Gasteiger partial charge < -0.3 is 5.73 Å². The van der Waals surface area contributed by atoms with Gasteiger partial charge in [-0.3, -0.25) is 0 Å². The molecule has 1 aromatic carbocycles. The Morgan fingerprint density at radius 3 is 2.57 bits per heavy atom. The highest BCUT2D eigenvalue weighted by Gasteiger charge is 2.19. The van der Waals surface area contributed by atoms with E-state index < -0.39 is 10.0 Å². The van der Waals surface area contributed by atoms with Crippen molar-refractivity contribution in [3.8, 4) is 0 Å². The zero-order chi connectivity index (χ0) is 15.3. The van der Waals surface area contributed by atoms with E-state index in [1.807, 2.05) is 0 Å². The van der Waals surface area contributed by atoms with Crippen molar-refractivity contribution in [1.82, 2.24) is 4.72 Å².